The fourth-order valence-corrected chi connectivity index (χ4v) is 4.20. The summed E-state index contributed by atoms with van der Waals surface area (Å²) in [7, 11) is 0. The molecular weight excluding hydrogens is 370 g/mol. The Labute approximate surface area is 152 Å². The molecule has 24 heavy (non-hydrogen) atoms. The van der Waals surface area contributed by atoms with Gasteiger partial charge in [0.1, 0.15) is 11.8 Å². The summed E-state index contributed by atoms with van der Waals surface area (Å²) >= 11 is 8.91. The lowest BCUT2D eigenvalue weighted by molar-refractivity contribution is -0.117. The summed E-state index contributed by atoms with van der Waals surface area (Å²) < 4.78 is 0.826. The number of amides is 1. The van der Waals surface area contributed by atoms with Gasteiger partial charge in [0, 0.05) is 10.6 Å². The van der Waals surface area contributed by atoms with Crippen LogP contribution in [0.2, 0.25) is 5.02 Å². The van der Waals surface area contributed by atoms with Crippen LogP contribution in [-0.4, -0.2) is 33.0 Å². The number of aromatic nitrogens is 2. The van der Waals surface area contributed by atoms with E-state index in [0.29, 0.717) is 22.1 Å². The third-order valence-corrected chi connectivity index (χ3v) is 5.58. The molecule has 0 radical (unpaired) electrons. The zero-order valence-electron chi connectivity index (χ0n) is 12.7. The number of anilines is 1. The minimum atomic E-state index is -0.445. The largest absolute Gasteiger partial charge is 0.508 e. The van der Waals surface area contributed by atoms with Crippen molar-refractivity contribution in [2.24, 2.45) is 0 Å². The summed E-state index contributed by atoms with van der Waals surface area (Å²) in [4.78, 5) is 12.3. The molecule has 0 spiro atoms. The highest BCUT2D eigenvalue weighted by molar-refractivity contribution is 8.01. The maximum absolute atomic E-state index is 12.3. The van der Waals surface area contributed by atoms with Gasteiger partial charge in [0.05, 0.1) is 6.04 Å². The molecule has 128 valence electrons. The highest BCUT2D eigenvalue weighted by Gasteiger charge is 2.32. The highest BCUT2D eigenvalue weighted by atomic mass is 35.5. The zero-order chi connectivity index (χ0) is 17.1. The first kappa shape index (κ1) is 17.4. The number of carbonyl (C=O) groups excluding carboxylic acids is 1. The van der Waals surface area contributed by atoms with E-state index >= 15 is 0 Å². The van der Waals surface area contributed by atoms with Gasteiger partial charge in [-0.05, 0) is 30.4 Å². The second-order valence-electron chi connectivity index (χ2n) is 5.13. The van der Waals surface area contributed by atoms with Gasteiger partial charge < -0.3 is 5.11 Å². The van der Waals surface area contributed by atoms with Crippen LogP contribution in [-0.2, 0) is 4.79 Å². The molecule has 4 N–H and O–H groups in total. The summed E-state index contributed by atoms with van der Waals surface area (Å²) in [5.74, 6) is 0.849. The lowest BCUT2D eigenvalue weighted by atomic mass is 10.0. The molecule has 1 aromatic heterocycles. The Kier molecular flexibility index (Phi) is 5.57. The molecular formula is C14H16ClN5O2S2. The summed E-state index contributed by atoms with van der Waals surface area (Å²) in [5, 5.41) is 21.7. The van der Waals surface area contributed by atoms with E-state index in [1.54, 1.807) is 30.0 Å². The number of phenolic OH excluding ortho intramolecular Hbond substituents is 1. The van der Waals surface area contributed by atoms with Crippen molar-refractivity contribution in [3.63, 3.8) is 0 Å². The van der Waals surface area contributed by atoms with E-state index < -0.39 is 6.04 Å². The van der Waals surface area contributed by atoms with E-state index in [1.807, 2.05) is 6.92 Å². The third-order valence-electron chi connectivity index (χ3n) is 3.49. The first-order chi connectivity index (χ1) is 11.6. The molecule has 2 unspecified atom stereocenters. The molecule has 0 bridgehead atoms. The maximum Gasteiger partial charge on any atom is 0.244 e. The van der Waals surface area contributed by atoms with Crippen LogP contribution in [0.15, 0.2) is 22.5 Å². The number of nitrogens with zero attached hydrogens (tertiary/aromatic N) is 2. The van der Waals surface area contributed by atoms with E-state index in [-0.39, 0.29) is 17.7 Å². The normalized spacial score (nSPS) is 20.2. The van der Waals surface area contributed by atoms with Gasteiger partial charge >= 0.3 is 0 Å². The monoisotopic (exact) mass is 385 g/mol. The van der Waals surface area contributed by atoms with Gasteiger partial charge in [-0.3, -0.25) is 10.1 Å². The molecule has 1 aliphatic rings. The van der Waals surface area contributed by atoms with Crippen molar-refractivity contribution < 1.29 is 9.90 Å². The van der Waals surface area contributed by atoms with Gasteiger partial charge in [-0.25, -0.2) is 10.9 Å². The van der Waals surface area contributed by atoms with Gasteiger partial charge in [-0.15, -0.1) is 10.2 Å². The standard InChI is InChI=1S/C14H16ClN5O2S2/c1-2-23-14-20-19-13(24-14)16-12(22)10-6-9(17-18-10)8-5-7(15)3-4-11(8)21/h3-5,9-10,17-18,21H,2,6H2,1H3,(H,16,19,22). The number of nitrogens with one attached hydrogen (secondary N) is 3. The fraction of sp³-hybridized carbons (Fsp3) is 0.357. The van der Waals surface area contributed by atoms with Crippen LogP contribution in [0.3, 0.4) is 0 Å². The molecule has 7 nitrogen and oxygen atoms in total. The first-order valence-corrected chi connectivity index (χ1v) is 9.51. The van der Waals surface area contributed by atoms with Crippen LogP contribution in [0.25, 0.3) is 0 Å². The Morgan fingerprint density at radius 1 is 1.50 bits per heavy atom. The number of thioether (sulfide) groups is 1. The molecule has 3 rings (SSSR count). The summed E-state index contributed by atoms with van der Waals surface area (Å²) in [6, 6.07) is 4.20. The lowest BCUT2D eigenvalue weighted by Gasteiger charge is -2.12. The maximum atomic E-state index is 12.3. The Morgan fingerprint density at radius 2 is 2.33 bits per heavy atom. The topological polar surface area (TPSA) is 99.2 Å². The number of benzene rings is 1. The Morgan fingerprint density at radius 3 is 3.12 bits per heavy atom. The Hall–Kier alpha value is -1.39. The van der Waals surface area contributed by atoms with E-state index in [1.165, 1.54) is 11.3 Å². The van der Waals surface area contributed by atoms with Crippen LogP contribution < -0.4 is 16.2 Å². The van der Waals surface area contributed by atoms with Gasteiger partial charge in [-0.1, -0.05) is 41.6 Å². The quantitative estimate of drug-likeness (QED) is 0.463. The van der Waals surface area contributed by atoms with E-state index in [0.717, 1.165) is 10.1 Å². The van der Waals surface area contributed by atoms with Gasteiger partial charge in [0.15, 0.2) is 4.34 Å². The van der Waals surface area contributed by atoms with Gasteiger partial charge in [0.2, 0.25) is 11.0 Å². The van der Waals surface area contributed by atoms with Crippen molar-refractivity contribution in [1.82, 2.24) is 21.0 Å². The number of hydrazine groups is 1. The number of phenols is 1. The van der Waals surface area contributed by atoms with Crippen molar-refractivity contribution in [2.75, 3.05) is 11.1 Å². The minimum Gasteiger partial charge on any atom is -0.508 e. The molecule has 1 fully saturated rings. The predicted octanol–water partition coefficient (Wildman–Crippen LogP) is 2.56. The smallest absolute Gasteiger partial charge is 0.244 e. The SMILES string of the molecule is CCSc1nnc(NC(=O)C2CC(c3cc(Cl)ccc3O)NN2)s1. The second kappa shape index (κ2) is 7.66. The van der Waals surface area contributed by atoms with Gasteiger partial charge in [-0.2, -0.15) is 0 Å². The van der Waals surface area contributed by atoms with Crippen molar-refractivity contribution >= 4 is 45.7 Å². The summed E-state index contributed by atoms with van der Waals surface area (Å²) in [6.07, 6.45) is 0.481. The molecule has 2 aromatic rings. The van der Waals surface area contributed by atoms with Crippen molar-refractivity contribution in [3.05, 3.63) is 28.8 Å². The summed E-state index contributed by atoms with van der Waals surface area (Å²) in [6.45, 7) is 2.03. The van der Waals surface area contributed by atoms with Crippen molar-refractivity contribution in [1.29, 1.82) is 0 Å². The number of rotatable bonds is 5. The average Bonchev–Trinajstić information content (AvgIpc) is 3.20. The van der Waals surface area contributed by atoms with Crippen LogP contribution in [0, 0.1) is 0 Å². The molecule has 10 heteroatoms. The third kappa shape index (κ3) is 3.98. The molecule has 1 aromatic carbocycles. The molecule has 0 aliphatic carbocycles. The molecule has 2 heterocycles. The zero-order valence-corrected chi connectivity index (χ0v) is 15.1. The second-order valence-corrected chi connectivity index (χ2v) is 8.05. The Balaban J connectivity index is 1.62. The van der Waals surface area contributed by atoms with Crippen molar-refractivity contribution in [2.45, 2.75) is 29.8 Å². The van der Waals surface area contributed by atoms with Gasteiger partial charge in [0.25, 0.3) is 0 Å². The fourth-order valence-electron chi connectivity index (χ4n) is 2.37. The van der Waals surface area contributed by atoms with Crippen LogP contribution in [0.5, 0.6) is 5.75 Å². The molecule has 2 atom stereocenters. The molecule has 0 saturated carbocycles. The van der Waals surface area contributed by atoms with Crippen molar-refractivity contribution in [3.8, 4) is 5.75 Å². The van der Waals surface area contributed by atoms with Crippen LogP contribution >= 0.6 is 34.7 Å². The number of hydrogen-bond acceptors (Lipinski definition) is 8. The minimum absolute atomic E-state index is 0.144. The molecule has 1 saturated heterocycles. The summed E-state index contributed by atoms with van der Waals surface area (Å²) in [5.41, 5.74) is 6.61. The van der Waals surface area contributed by atoms with E-state index in [2.05, 4.69) is 26.4 Å². The number of halogens is 1. The molecule has 1 amide bonds. The van der Waals surface area contributed by atoms with E-state index in [9.17, 15) is 9.90 Å². The highest BCUT2D eigenvalue weighted by Crippen LogP contribution is 2.32. The number of carbonyl (C=O) groups is 1. The predicted molar refractivity (Wildman–Crippen MR) is 95.5 cm³/mol. The average molecular weight is 386 g/mol. The molecule has 1 aliphatic heterocycles. The van der Waals surface area contributed by atoms with E-state index in [4.69, 9.17) is 11.6 Å². The lowest BCUT2D eigenvalue weighted by Crippen LogP contribution is -2.39. The van der Waals surface area contributed by atoms with Crippen LogP contribution in [0.4, 0.5) is 5.13 Å². The first-order valence-electron chi connectivity index (χ1n) is 7.33. The number of aromatic hydroxyl groups is 1. The Bertz CT molecular complexity index is 742. The number of hydrogen-bond donors (Lipinski definition) is 4. The van der Waals surface area contributed by atoms with Crippen LogP contribution in [0.1, 0.15) is 24.9 Å².